The maximum absolute atomic E-state index is 12.4. The molecule has 110 valence electrons. The molecule has 1 aromatic carbocycles. The zero-order chi connectivity index (χ0) is 15.6. The van der Waals surface area contributed by atoms with Crippen LogP contribution in [0.15, 0.2) is 35.4 Å². The van der Waals surface area contributed by atoms with Gasteiger partial charge in [-0.3, -0.25) is 14.4 Å². The number of amides is 1. The van der Waals surface area contributed by atoms with Gasteiger partial charge in [0.25, 0.3) is 0 Å². The highest BCUT2D eigenvalue weighted by Crippen LogP contribution is 2.25. The van der Waals surface area contributed by atoms with Crippen LogP contribution in [0, 0.1) is 0 Å². The van der Waals surface area contributed by atoms with Gasteiger partial charge in [0.1, 0.15) is 6.04 Å². The molecule has 0 aromatic heterocycles. The quantitative estimate of drug-likeness (QED) is 0.712. The van der Waals surface area contributed by atoms with Crippen molar-refractivity contribution in [1.82, 2.24) is 5.32 Å². The SMILES string of the molecule is CC1=C(CNC(=O)[C@@H](N)CO)C(=O)c2ccccc2C1=O. The number of carbonyl (C=O) groups excluding carboxylic acids is 3. The van der Waals surface area contributed by atoms with Crippen molar-refractivity contribution in [2.75, 3.05) is 13.2 Å². The molecule has 0 bridgehead atoms. The number of aliphatic hydroxyl groups is 1. The highest BCUT2D eigenvalue weighted by Gasteiger charge is 2.29. The second-order valence-corrected chi connectivity index (χ2v) is 4.81. The third-order valence-electron chi connectivity index (χ3n) is 3.46. The van der Waals surface area contributed by atoms with Crippen LogP contribution in [0.5, 0.6) is 0 Å². The van der Waals surface area contributed by atoms with Gasteiger partial charge in [-0.1, -0.05) is 24.3 Å². The van der Waals surface area contributed by atoms with Crippen LogP contribution in [0.4, 0.5) is 0 Å². The molecule has 0 unspecified atom stereocenters. The van der Waals surface area contributed by atoms with E-state index in [1.165, 1.54) is 0 Å². The van der Waals surface area contributed by atoms with E-state index < -0.39 is 18.6 Å². The summed E-state index contributed by atoms with van der Waals surface area (Å²) in [6, 6.07) is 5.53. The van der Waals surface area contributed by atoms with E-state index in [1.54, 1.807) is 31.2 Å². The summed E-state index contributed by atoms with van der Waals surface area (Å²) >= 11 is 0. The van der Waals surface area contributed by atoms with Crippen molar-refractivity contribution >= 4 is 17.5 Å². The molecule has 1 aliphatic rings. The van der Waals surface area contributed by atoms with Crippen molar-refractivity contribution in [3.8, 4) is 0 Å². The highest BCUT2D eigenvalue weighted by atomic mass is 16.3. The Morgan fingerprint density at radius 2 is 1.81 bits per heavy atom. The summed E-state index contributed by atoms with van der Waals surface area (Å²) in [5.74, 6) is -1.07. The van der Waals surface area contributed by atoms with Crippen molar-refractivity contribution in [3.05, 3.63) is 46.5 Å². The third-order valence-corrected chi connectivity index (χ3v) is 3.46. The van der Waals surface area contributed by atoms with E-state index in [2.05, 4.69) is 5.32 Å². The fraction of sp³-hybridized carbons (Fsp3) is 0.267. The largest absolute Gasteiger partial charge is 0.394 e. The van der Waals surface area contributed by atoms with Gasteiger partial charge in [0.15, 0.2) is 11.6 Å². The lowest BCUT2D eigenvalue weighted by Gasteiger charge is -2.19. The molecule has 2 rings (SSSR count). The maximum atomic E-state index is 12.4. The zero-order valence-electron chi connectivity index (χ0n) is 11.6. The van der Waals surface area contributed by atoms with Gasteiger partial charge in [-0.05, 0) is 6.92 Å². The topological polar surface area (TPSA) is 109 Å². The number of hydrogen-bond acceptors (Lipinski definition) is 5. The molecule has 1 aliphatic carbocycles. The molecule has 6 nitrogen and oxygen atoms in total. The molecule has 0 heterocycles. The van der Waals surface area contributed by atoms with Gasteiger partial charge in [0, 0.05) is 28.8 Å². The Balaban J connectivity index is 2.24. The van der Waals surface area contributed by atoms with Gasteiger partial charge in [-0.2, -0.15) is 0 Å². The highest BCUT2D eigenvalue weighted by molar-refractivity contribution is 6.26. The Kier molecular flexibility index (Phi) is 4.30. The Morgan fingerprint density at radius 1 is 1.24 bits per heavy atom. The predicted octanol–water partition coefficient (Wildman–Crippen LogP) is -0.182. The fourth-order valence-electron chi connectivity index (χ4n) is 2.15. The average molecular weight is 288 g/mol. The fourth-order valence-corrected chi connectivity index (χ4v) is 2.15. The van der Waals surface area contributed by atoms with Crippen LogP contribution < -0.4 is 11.1 Å². The molecular formula is C15H16N2O4. The first-order valence-electron chi connectivity index (χ1n) is 6.49. The predicted molar refractivity (Wildman–Crippen MR) is 75.9 cm³/mol. The lowest BCUT2D eigenvalue weighted by Crippen LogP contribution is -2.44. The Bertz CT molecular complexity index is 649. The molecular weight excluding hydrogens is 272 g/mol. The molecule has 0 aliphatic heterocycles. The number of benzene rings is 1. The smallest absolute Gasteiger partial charge is 0.239 e. The Labute approximate surface area is 121 Å². The molecule has 1 aromatic rings. The molecule has 0 fully saturated rings. The molecule has 21 heavy (non-hydrogen) atoms. The van der Waals surface area contributed by atoms with Crippen LogP contribution in [0.3, 0.4) is 0 Å². The average Bonchev–Trinajstić information content (AvgIpc) is 2.51. The summed E-state index contributed by atoms with van der Waals surface area (Å²) < 4.78 is 0. The number of ketones is 2. The summed E-state index contributed by atoms with van der Waals surface area (Å²) in [6.07, 6.45) is 0. The molecule has 6 heteroatoms. The second-order valence-electron chi connectivity index (χ2n) is 4.81. The number of allylic oxidation sites excluding steroid dienone is 1. The van der Waals surface area contributed by atoms with Crippen LogP contribution in [0.25, 0.3) is 0 Å². The number of hydrogen-bond donors (Lipinski definition) is 3. The van der Waals surface area contributed by atoms with Gasteiger partial charge in [0.05, 0.1) is 6.61 Å². The summed E-state index contributed by atoms with van der Waals surface area (Å²) in [4.78, 5) is 36.1. The van der Waals surface area contributed by atoms with Crippen LogP contribution >= 0.6 is 0 Å². The van der Waals surface area contributed by atoms with Gasteiger partial charge in [0.2, 0.25) is 5.91 Å². The Hall–Kier alpha value is -2.31. The number of nitrogens with one attached hydrogen (secondary N) is 1. The normalized spacial score (nSPS) is 15.8. The first kappa shape index (κ1) is 15.1. The van der Waals surface area contributed by atoms with Gasteiger partial charge >= 0.3 is 0 Å². The number of Topliss-reactive ketones (excluding diaryl/α,β-unsaturated/α-hetero) is 2. The van der Waals surface area contributed by atoms with E-state index in [1.807, 2.05) is 0 Å². The van der Waals surface area contributed by atoms with E-state index in [0.29, 0.717) is 16.7 Å². The number of rotatable bonds is 4. The van der Waals surface area contributed by atoms with E-state index in [9.17, 15) is 14.4 Å². The van der Waals surface area contributed by atoms with Crippen LogP contribution in [0.2, 0.25) is 0 Å². The van der Waals surface area contributed by atoms with Crippen LogP contribution in [0.1, 0.15) is 27.6 Å². The summed E-state index contributed by atoms with van der Waals surface area (Å²) in [7, 11) is 0. The minimum Gasteiger partial charge on any atom is -0.394 e. The summed E-state index contributed by atoms with van der Waals surface area (Å²) in [6.45, 7) is 0.987. The van der Waals surface area contributed by atoms with Crippen molar-refractivity contribution < 1.29 is 19.5 Å². The first-order chi connectivity index (χ1) is 9.97. The second kappa shape index (κ2) is 5.99. The van der Waals surface area contributed by atoms with Gasteiger partial charge < -0.3 is 16.2 Å². The molecule has 0 spiro atoms. The number of fused-ring (bicyclic) bond motifs is 1. The van der Waals surface area contributed by atoms with E-state index in [4.69, 9.17) is 10.8 Å². The van der Waals surface area contributed by atoms with Crippen molar-refractivity contribution in [3.63, 3.8) is 0 Å². The third kappa shape index (κ3) is 2.76. The van der Waals surface area contributed by atoms with Gasteiger partial charge in [-0.25, -0.2) is 0 Å². The molecule has 0 saturated carbocycles. The number of nitrogens with two attached hydrogens (primary N) is 1. The van der Waals surface area contributed by atoms with Crippen molar-refractivity contribution in [2.45, 2.75) is 13.0 Å². The molecule has 4 N–H and O–H groups in total. The lowest BCUT2D eigenvalue weighted by atomic mass is 9.84. The van der Waals surface area contributed by atoms with Crippen LogP contribution in [-0.2, 0) is 4.79 Å². The molecule has 1 amide bonds. The maximum Gasteiger partial charge on any atom is 0.239 e. The summed E-state index contributed by atoms with van der Waals surface area (Å²) in [5.41, 5.74) is 6.65. The summed E-state index contributed by atoms with van der Waals surface area (Å²) in [5, 5.41) is 11.3. The van der Waals surface area contributed by atoms with E-state index in [-0.39, 0.29) is 23.7 Å². The van der Waals surface area contributed by atoms with Crippen LogP contribution in [-0.4, -0.2) is 41.8 Å². The van der Waals surface area contributed by atoms with E-state index >= 15 is 0 Å². The Morgan fingerprint density at radius 3 is 2.38 bits per heavy atom. The standard InChI is InChI=1S/C15H16N2O4/c1-8-11(6-17-15(21)12(16)7-18)14(20)10-5-3-2-4-9(10)13(8)19/h2-5,12,18H,6-7,16H2,1H3,(H,17,21)/t12-/m0/s1. The van der Waals surface area contributed by atoms with E-state index in [0.717, 1.165) is 0 Å². The minimum atomic E-state index is -1.05. The first-order valence-corrected chi connectivity index (χ1v) is 6.49. The lowest BCUT2D eigenvalue weighted by molar-refractivity contribution is -0.122. The monoisotopic (exact) mass is 288 g/mol. The number of aliphatic hydroxyl groups excluding tert-OH is 1. The molecule has 0 radical (unpaired) electrons. The zero-order valence-corrected chi connectivity index (χ0v) is 11.6. The van der Waals surface area contributed by atoms with Crippen molar-refractivity contribution in [1.29, 1.82) is 0 Å². The van der Waals surface area contributed by atoms with Gasteiger partial charge in [-0.15, -0.1) is 0 Å². The minimum absolute atomic E-state index is 0.0860. The molecule has 1 atom stereocenters. The number of carbonyl (C=O) groups is 3. The molecule has 0 saturated heterocycles. The van der Waals surface area contributed by atoms with Crippen molar-refractivity contribution in [2.24, 2.45) is 5.73 Å².